The average molecular weight is 600 g/mol. The molecule has 1 saturated heterocycles. The number of nitrogens with zero attached hydrogens (tertiary/aromatic N) is 3. The van der Waals surface area contributed by atoms with Crippen LogP contribution in [0, 0.1) is 0 Å². The van der Waals surface area contributed by atoms with Crippen LogP contribution in [0.25, 0.3) is 21.3 Å². The van der Waals surface area contributed by atoms with Gasteiger partial charge in [-0.05, 0) is 30.3 Å². The Morgan fingerprint density at radius 2 is 1.69 bits per heavy atom. The van der Waals surface area contributed by atoms with Gasteiger partial charge in [0.25, 0.3) is 5.91 Å². The van der Waals surface area contributed by atoms with Crippen LogP contribution in [0.5, 0.6) is 0 Å². The highest BCUT2D eigenvalue weighted by Gasteiger charge is 2.27. The molecule has 0 saturated carbocycles. The number of carbonyl (C=O) groups is 2. The molecule has 2 amide bonds. The van der Waals surface area contributed by atoms with Crippen LogP contribution < -0.4 is 5.32 Å². The van der Waals surface area contributed by atoms with Crippen molar-refractivity contribution in [2.45, 2.75) is 0 Å². The van der Waals surface area contributed by atoms with E-state index in [1.165, 1.54) is 22.7 Å². The number of nitrogens with one attached hydrogen (secondary N) is 1. The third kappa shape index (κ3) is 5.50. The fraction of sp³-hybridized carbons (Fsp3) is 0.208. The van der Waals surface area contributed by atoms with Crippen LogP contribution in [0.3, 0.4) is 0 Å². The van der Waals surface area contributed by atoms with Gasteiger partial charge in [-0.1, -0.05) is 52.5 Å². The Morgan fingerprint density at radius 1 is 0.972 bits per heavy atom. The summed E-state index contributed by atoms with van der Waals surface area (Å²) in [6.07, 6.45) is 0. The van der Waals surface area contributed by atoms with Crippen molar-refractivity contribution in [2.75, 3.05) is 38.0 Å². The molecule has 0 radical (unpaired) electrons. The molecular formula is C24H18Cl4N4O2S2. The van der Waals surface area contributed by atoms with Crippen LogP contribution in [0.2, 0.25) is 20.1 Å². The number of piperazine rings is 1. The van der Waals surface area contributed by atoms with Gasteiger partial charge in [0.05, 0.1) is 22.3 Å². The molecule has 6 nitrogen and oxygen atoms in total. The molecule has 2 aromatic carbocycles. The second-order valence-corrected chi connectivity index (χ2v) is 11.7. The normalized spacial score (nSPS) is 14.4. The smallest absolute Gasteiger partial charge is 0.265 e. The van der Waals surface area contributed by atoms with Crippen molar-refractivity contribution < 1.29 is 9.59 Å². The van der Waals surface area contributed by atoms with Gasteiger partial charge in [0.15, 0.2) is 5.13 Å². The fourth-order valence-corrected chi connectivity index (χ4v) is 6.93. The SMILES string of the molecule is O=C(CN1CCN(C(=O)c2sc3cc(Cl)ccc3c2Cl)CC1)Nc1nc(-c2ccc(Cl)cc2Cl)cs1. The zero-order valence-electron chi connectivity index (χ0n) is 18.6. The number of rotatable bonds is 5. The molecule has 4 aromatic rings. The molecule has 1 fully saturated rings. The number of anilines is 1. The van der Waals surface area contributed by atoms with Gasteiger partial charge in [-0.25, -0.2) is 4.98 Å². The quantitative estimate of drug-likeness (QED) is 0.267. The van der Waals surface area contributed by atoms with E-state index in [0.717, 1.165) is 15.6 Å². The van der Waals surface area contributed by atoms with E-state index in [1.54, 1.807) is 29.2 Å². The predicted molar refractivity (Wildman–Crippen MR) is 150 cm³/mol. The minimum atomic E-state index is -0.165. The number of hydrogen-bond donors (Lipinski definition) is 1. The van der Waals surface area contributed by atoms with Gasteiger partial charge in [0.1, 0.15) is 4.88 Å². The number of halogens is 4. The number of thiophene rings is 1. The van der Waals surface area contributed by atoms with E-state index < -0.39 is 0 Å². The fourth-order valence-electron chi connectivity index (χ4n) is 3.94. The third-order valence-corrected chi connectivity index (χ3v) is 8.96. The molecule has 0 bridgehead atoms. The number of hydrogen-bond acceptors (Lipinski definition) is 6. The Kier molecular flexibility index (Phi) is 7.74. The van der Waals surface area contributed by atoms with Gasteiger partial charge in [0.2, 0.25) is 5.91 Å². The summed E-state index contributed by atoms with van der Waals surface area (Å²) in [5.74, 6) is -0.264. The first-order valence-corrected chi connectivity index (χ1v) is 14.1. The molecule has 1 N–H and O–H groups in total. The van der Waals surface area contributed by atoms with Crippen LogP contribution in [0.15, 0.2) is 41.8 Å². The van der Waals surface area contributed by atoms with Crippen molar-refractivity contribution in [3.05, 3.63) is 66.7 Å². The highest BCUT2D eigenvalue weighted by Crippen LogP contribution is 2.37. The number of amides is 2. The lowest BCUT2D eigenvalue weighted by molar-refractivity contribution is -0.117. The number of fused-ring (bicyclic) bond motifs is 1. The van der Waals surface area contributed by atoms with Gasteiger partial charge < -0.3 is 10.2 Å². The number of thiazole rings is 1. The van der Waals surface area contributed by atoms with Crippen LogP contribution in [0.1, 0.15) is 9.67 Å². The first-order valence-electron chi connectivity index (χ1n) is 10.9. The van der Waals surface area contributed by atoms with E-state index >= 15 is 0 Å². The number of aromatic nitrogens is 1. The lowest BCUT2D eigenvalue weighted by atomic mass is 10.2. The summed E-state index contributed by atoms with van der Waals surface area (Å²) in [4.78, 5) is 34.5. The summed E-state index contributed by atoms with van der Waals surface area (Å²) in [6, 6.07) is 10.6. The van der Waals surface area contributed by atoms with E-state index in [-0.39, 0.29) is 18.4 Å². The zero-order chi connectivity index (χ0) is 25.4. The van der Waals surface area contributed by atoms with E-state index in [0.29, 0.717) is 62.0 Å². The van der Waals surface area contributed by atoms with E-state index in [9.17, 15) is 9.59 Å². The molecule has 1 aliphatic heterocycles. The second kappa shape index (κ2) is 10.8. The molecule has 0 atom stereocenters. The summed E-state index contributed by atoms with van der Waals surface area (Å²) in [5.41, 5.74) is 1.42. The molecule has 1 aliphatic rings. The molecule has 5 rings (SSSR count). The van der Waals surface area contributed by atoms with Crippen molar-refractivity contribution in [1.29, 1.82) is 0 Å². The standard InChI is InChI=1S/C24H18Cl4N4O2S2/c25-13-1-3-15(17(27)9-13)18-12-35-24(29-18)30-20(33)11-31-5-7-32(8-6-31)23(34)22-21(28)16-4-2-14(26)10-19(16)36-22/h1-4,9-10,12H,5-8,11H2,(H,29,30,33). The Hall–Kier alpha value is -1.91. The maximum Gasteiger partial charge on any atom is 0.265 e. The highest BCUT2D eigenvalue weighted by molar-refractivity contribution is 7.21. The Balaban J connectivity index is 1.15. The van der Waals surface area contributed by atoms with Gasteiger partial charge in [-0.2, -0.15) is 0 Å². The minimum absolute atomic E-state index is 0.0994. The summed E-state index contributed by atoms with van der Waals surface area (Å²) < 4.78 is 0.884. The molecule has 12 heteroatoms. The van der Waals surface area contributed by atoms with Crippen LogP contribution in [-0.2, 0) is 4.79 Å². The molecule has 186 valence electrons. The van der Waals surface area contributed by atoms with Crippen LogP contribution in [0.4, 0.5) is 5.13 Å². The van der Waals surface area contributed by atoms with E-state index in [1.807, 2.05) is 22.4 Å². The molecule has 0 aliphatic carbocycles. The summed E-state index contributed by atoms with van der Waals surface area (Å²) in [7, 11) is 0. The maximum atomic E-state index is 13.1. The average Bonchev–Trinajstić information content (AvgIpc) is 3.43. The molecule has 36 heavy (non-hydrogen) atoms. The van der Waals surface area contributed by atoms with Crippen LogP contribution in [-0.4, -0.2) is 59.3 Å². The minimum Gasteiger partial charge on any atom is -0.335 e. The zero-order valence-corrected chi connectivity index (χ0v) is 23.2. The maximum absolute atomic E-state index is 13.1. The summed E-state index contributed by atoms with van der Waals surface area (Å²) >= 11 is 27.5. The Morgan fingerprint density at radius 3 is 2.44 bits per heavy atom. The highest BCUT2D eigenvalue weighted by atomic mass is 35.5. The van der Waals surface area contributed by atoms with Crippen molar-refractivity contribution in [2.24, 2.45) is 0 Å². The van der Waals surface area contributed by atoms with Crippen molar-refractivity contribution in [1.82, 2.24) is 14.8 Å². The second-order valence-electron chi connectivity index (χ2n) is 8.16. The molecule has 0 spiro atoms. The number of carbonyl (C=O) groups excluding carboxylic acids is 2. The topological polar surface area (TPSA) is 65.5 Å². The largest absolute Gasteiger partial charge is 0.335 e. The van der Waals surface area contributed by atoms with Crippen LogP contribution >= 0.6 is 69.1 Å². The molecule has 2 aromatic heterocycles. The van der Waals surface area contributed by atoms with Crippen molar-refractivity contribution in [3.63, 3.8) is 0 Å². The van der Waals surface area contributed by atoms with E-state index in [4.69, 9.17) is 46.4 Å². The Labute approximate surface area is 235 Å². The third-order valence-electron chi connectivity index (χ3n) is 5.77. The summed E-state index contributed by atoms with van der Waals surface area (Å²) in [5, 5.41) is 8.12. The summed E-state index contributed by atoms with van der Waals surface area (Å²) in [6.45, 7) is 2.39. The lowest BCUT2D eigenvalue weighted by Crippen LogP contribution is -2.50. The van der Waals surface area contributed by atoms with Crippen molar-refractivity contribution >= 4 is 96.1 Å². The first kappa shape index (κ1) is 25.7. The molecule has 0 unspecified atom stereocenters. The van der Waals surface area contributed by atoms with E-state index in [2.05, 4.69) is 10.3 Å². The Bertz CT molecular complexity index is 1460. The van der Waals surface area contributed by atoms with Gasteiger partial charge in [0, 0.05) is 57.3 Å². The lowest BCUT2D eigenvalue weighted by Gasteiger charge is -2.34. The first-order chi connectivity index (χ1) is 17.3. The predicted octanol–water partition coefficient (Wildman–Crippen LogP) is 7.03. The molecule has 3 heterocycles. The van der Waals surface area contributed by atoms with Crippen molar-refractivity contribution in [3.8, 4) is 11.3 Å². The van der Waals surface area contributed by atoms with Gasteiger partial charge in [-0.3, -0.25) is 14.5 Å². The molecular weight excluding hydrogens is 582 g/mol. The van der Waals surface area contributed by atoms with Gasteiger partial charge in [-0.15, -0.1) is 22.7 Å². The van der Waals surface area contributed by atoms with Gasteiger partial charge >= 0.3 is 0 Å². The number of benzene rings is 2. The monoisotopic (exact) mass is 598 g/mol.